The van der Waals surface area contributed by atoms with Crippen molar-refractivity contribution in [2.45, 2.75) is 45.1 Å². The molecule has 2 rings (SSSR count). The predicted octanol–water partition coefficient (Wildman–Crippen LogP) is 3.80. The monoisotopic (exact) mass is 251 g/mol. The zero-order chi connectivity index (χ0) is 13.0. The zero-order valence-electron chi connectivity index (χ0n) is 11.0. The SMILES string of the molecule is CC(N)c1ccc(OCCC2CCCC2)cc1F. The third kappa shape index (κ3) is 3.45. The Balaban J connectivity index is 1.84. The van der Waals surface area contributed by atoms with Crippen molar-refractivity contribution in [1.82, 2.24) is 0 Å². The minimum Gasteiger partial charge on any atom is -0.493 e. The minimum absolute atomic E-state index is 0.275. The van der Waals surface area contributed by atoms with E-state index in [0.717, 1.165) is 12.3 Å². The highest BCUT2D eigenvalue weighted by molar-refractivity contribution is 5.30. The summed E-state index contributed by atoms with van der Waals surface area (Å²) in [6.07, 6.45) is 6.42. The second-order valence-corrected chi connectivity index (χ2v) is 5.26. The molecule has 1 aromatic rings. The fraction of sp³-hybridized carbons (Fsp3) is 0.600. The molecule has 1 atom stereocenters. The summed E-state index contributed by atoms with van der Waals surface area (Å²) in [6.45, 7) is 2.46. The lowest BCUT2D eigenvalue weighted by atomic mass is 10.1. The van der Waals surface area contributed by atoms with E-state index < -0.39 is 0 Å². The van der Waals surface area contributed by atoms with Crippen LogP contribution in [0.5, 0.6) is 5.75 Å². The van der Waals surface area contributed by atoms with E-state index in [1.165, 1.54) is 31.7 Å². The molecule has 0 amide bonds. The molecule has 0 aliphatic heterocycles. The van der Waals surface area contributed by atoms with E-state index in [2.05, 4.69) is 0 Å². The fourth-order valence-corrected chi connectivity index (χ4v) is 2.61. The number of halogens is 1. The van der Waals surface area contributed by atoms with Gasteiger partial charge in [-0.15, -0.1) is 0 Å². The van der Waals surface area contributed by atoms with Gasteiger partial charge in [0.1, 0.15) is 11.6 Å². The molecule has 1 aliphatic rings. The van der Waals surface area contributed by atoms with E-state index in [4.69, 9.17) is 10.5 Å². The average Bonchev–Trinajstić information content (AvgIpc) is 2.81. The van der Waals surface area contributed by atoms with E-state index in [0.29, 0.717) is 17.9 Å². The largest absolute Gasteiger partial charge is 0.493 e. The number of benzene rings is 1. The fourth-order valence-electron chi connectivity index (χ4n) is 2.61. The second-order valence-electron chi connectivity index (χ2n) is 5.26. The van der Waals surface area contributed by atoms with Gasteiger partial charge in [-0.3, -0.25) is 0 Å². The van der Waals surface area contributed by atoms with Crippen molar-refractivity contribution in [3.63, 3.8) is 0 Å². The van der Waals surface area contributed by atoms with Crippen molar-refractivity contribution in [3.8, 4) is 5.75 Å². The average molecular weight is 251 g/mol. The van der Waals surface area contributed by atoms with Gasteiger partial charge in [0.25, 0.3) is 0 Å². The first-order chi connectivity index (χ1) is 8.66. The van der Waals surface area contributed by atoms with Crippen LogP contribution in [0, 0.1) is 11.7 Å². The van der Waals surface area contributed by atoms with Crippen molar-refractivity contribution in [3.05, 3.63) is 29.6 Å². The van der Waals surface area contributed by atoms with Crippen LogP contribution < -0.4 is 10.5 Å². The van der Waals surface area contributed by atoms with E-state index in [9.17, 15) is 4.39 Å². The normalized spacial score (nSPS) is 17.9. The minimum atomic E-state index is -0.280. The molecule has 0 spiro atoms. The summed E-state index contributed by atoms with van der Waals surface area (Å²) >= 11 is 0. The van der Waals surface area contributed by atoms with Crippen molar-refractivity contribution in [2.24, 2.45) is 11.7 Å². The summed E-state index contributed by atoms with van der Waals surface area (Å²) in [5, 5.41) is 0. The highest BCUT2D eigenvalue weighted by Crippen LogP contribution is 2.28. The van der Waals surface area contributed by atoms with Crippen LogP contribution in [0.25, 0.3) is 0 Å². The molecule has 0 bridgehead atoms. The smallest absolute Gasteiger partial charge is 0.131 e. The standard InChI is InChI=1S/C15H22FNO/c1-11(17)14-7-6-13(10-15(14)16)18-9-8-12-4-2-3-5-12/h6-7,10-12H,2-5,8-9,17H2,1H3. The maximum Gasteiger partial charge on any atom is 0.131 e. The molecular weight excluding hydrogens is 229 g/mol. The molecule has 0 heterocycles. The van der Waals surface area contributed by atoms with E-state index in [-0.39, 0.29) is 11.9 Å². The van der Waals surface area contributed by atoms with E-state index >= 15 is 0 Å². The van der Waals surface area contributed by atoms with Crippen molar-refractivity contribution >= 4 is 0 Å². The molecule has 1 saturated carbocycles. The van der Waals surface area contributed by atoms with Crippen LogP contribution in [0.4, 0.5) is 4.39 Å². The van der Waals surface area contributed by atoms with Gasteiger partial charge in [0, 0.05) is 17.7 Å². The van der Waals surface area contributed by atoms with Gasteiger partial charge in [-0.1, -0.05) is 31.7 Å². The van der Waals surface area contributed by atoms with Crippen LogP contribution >= 0.6 is 0 Å². The van der Waals surface area contributed by atoms with Gasteiger partial charge < -0.3 is 10.5 Å². The molecule has 18 heavy (non-hydrogen) atoms. The molecule has 2 nitrogen and oxygen atoms in total. The third-order valence-electron chi connectivity index (χ3n) is 3.73. The van der Waals surface area contributed by atoms with Gasteiger partial charge in [0.15, 0.2) is 0 Å². The summed E-state index contributed by atoms with van der Waals surface area (Å²) < 4.78 is 19.3. The molecule has 100 valence electrons. The Labute approximate surface area is 108 Å². The molecular formula is C15H22FNO. The Kier molecular flexibility index (Phi) is 4.59. The molecule has 3 heteroatoms. The molecule has 0 radical (unpaired) electrons. The third-order valence-corrected chi connectivity index (χ3v) is 3.73. The van der Waals surface area contributed by atoms with Gasteiger partial charge in [-0.25, -0.2) is 4.39 Å². The van der Waals surface area contributed by atoms with Gasteiger partial charge >= 0.3 is 0 Å². The van der Waals surface area contributed by atoms with Gasteiger partial charge in [-0.05, 0) is 25.3 Å². The van der Waals surface area contributed by atoms with Crippen LogP contribution in [0.15, 0.2) is 18.2 Å². The molecule has 1 fully saturated rings. The Morgan fingerprint density at radius 2 is 2.11 bits per heavy atom. The number of nitrogens with two attached hydrogens (primary N) is 1. The lowest BCUT2D eigenvalue weighted by Gasteiger charge is -2.12. The van der Waals surface area contributed by atoms with Crippen LogP contribution in [0.2, 0.25) is 0 Å². The Bertz CT molecular complexity index is 386. The maximum atomic E-state index is 13.7. The van der Waals surface area contributed by atoms with Gasteiger partial charge in [0.2, 0.25) is 0 Å². The maximum absolute atomic E-state index is 13.7. The van der Waals surface area contributed by atoms with Crippen molar-refractivity contribution < 1.29 is 9.13 Å². The summed E-state index contributed by atoms with van der Waals surface area (Å²) in [4.78, 5) is 0. The lowest BCUT2D eigenvalue weighted by molar-refractivity contribution is 0.278. The lowest BCUT2D eigenvalue weighted by Crippen LogP contribution is -2.08. The topological polar surface area (TPSA) is 35.2 Å². The van der Waals surface area contributed by atoms with Crippen LogP contribution in [-0.4, -0.2) is 6.61 Å². The number of rotatable bonds is 5. The quantitative estimate of drug-likeness (QED) is 0.863. The molecule has 1 aromatic carbocycles. The van der Waals surface area contributed by atoms with Crippen molar-refractivity contribution in [2.75, 3.05) is 6.61 Å². The zero-order valence-corrected chi connectivity index (χ0v) is 11.0. The van der Waals surface area contributed by atoms with Crippen LogP contribution in [0.3, 0.4) is 0 Å². The Morgan fingerprint density at radius 3 is 2.72 bits per heavy atom. The van der Waals surface area contributed by atoms with E-state index in [1.807, 2.05) is 0 Å². The summed E-state index contributed by atoms with van der Waals surface area (Å²) in [6, 6.07) is 4.67. The van der Waals surface area contributed by atoms with E-state index in [1.54, 1.807) is 19.1 Å². The Hall–Kier alpha value is -1.09. The van der Waals surface area contributed by atoms with Gasteiger partial charge in [0.05, 0.1) is 6.61 Å². The molecule has 2 N–H and O–H groups in total. The molecule has 0 aromatic heterocycles. The predicted molar refractivity (Wildman–Crippen MR) is 71.1 cm³/mol. The van der Waals surface area contributed by atoms with Gasteiger partial charge in [-0.2, -0.15) is 0 Å². The van der Waals surface area contributed by atoms with Crippen molar-refractivity contribution in [1.29, 1.82) is 0 Å². The highest BCUT2D eigenvalue weighted by Gasteiger charge is 2.15. The molecule has 0 saturated heterocycles. The first kappa shape index (κ1) is 13.3. The summed E-state index contributed by atoms with van der Waals surface area (Å²) in [7, 11) is 0. The summed E-state index contributed by atoms with van der Waals surface area (Å²) in [5.74, 6) is 1.14. The number of hydrogen-bond donors (Lipinski definition) is 1. The van der Waals surface area contributed by atoms with Crippen LogP contribution in [0.1, 0.15) is 50.6 Å². The Morgan fingerprint density at radius 1 is 1.39 bits per heavy atom. The summed E-state index contributed by atoms with van der Waals surface area (Å²) in [5.41, 5.74) is 6.21. The number of hydrogen-bond acceptors (Lipinski definition) is 2. The molecule has 1 aliphatic carbocycles. The van der Waals surface area contributed by atoms with Crippen LogP contribution in [-0.2, 0) is 0 Å². The molecule has 1 unspecified atom stereocenters. The first-order valence-electron chi connectivity index (χ1n) is 6.84. The first-order valence-corrected chi connectivity index (χ1v) is 6.84. The second kappa shape index (κ2) is 6.19. The highest BCUT2D eigenvalue weighted by atomic mass is 19.1. The number of ether oxygens (including phenoxy) is 1.